The van der Waals surface area contributed by atoms with E-state index in [0.29, 0.717) is 6.54 Å². The van der Waals surface area contributed by atoms with Gasteiger partial charge in [0, 0.05) is 6.92 Å². The van der Waals surface area contributed by atoms with E-state index in [4.69, 9.17) is 0 Å². The molecule has 0 N–H and O–H groups in total. The van der Waals surface area contributed by atoms with Gasteiger partial charge in [-0.15, -0.1) is 6.58 Å². The van der Waals surface area contributed by atoms with Crippen molar-refractivity contribution in [3.63, 3.8) is 0 Å². The zero-order valence-corrected chi connectivity index (χ0v) is 9.13. The highest BCUT2D eigenvalue weighted by atomic mass is 16.2. The minimum atomic E-state index is -0.0388. The molecule has 0 bridgehead atoms. The molecular formula is C12H13N3O. The van der Waals surface area contributed by atoms with Gasteiger partial charge in [-0.1, -0.05) is 18.2 Å². The van der Waals surface area contributed by atoms with E-state index in [9.17, 15) is 4.79 Å². The predicted molar refractivity (Wildman–Crippen MR) is 63.7 cm³/mol. The summed E-state index contributed by atoms with van der Waals surface area (Å²) in [6.45, 7) is 5.64. The lowest BCUT2D eigenvalue weighted by atomic mass is 10.3. The van der Waals surface area contributed by atoms with Gasteiger partial charge in [0.25, 0.3) is 0 Å². The van der Waals surface area contributed by atoms with Crippen molar-refractivity contribution < 1.29 is 4.79 Å². The van der Waals surface area contributed by atoms with Gasteiger partial charge in [-0.3, -0.25) is 4.79 Å². The largest absolute Gasteiger partial charge is 0.273 e. The Morgan fingerprint density at radius 1 is 1.56 bits per heavy atom. The molecule has 2 rings (SSSR count). The molecule has 2 aromatic rings. The molecule has 0 saturated heterocycles. The van der Waals surface area contributed by atoms with Gasteiger partial charge < -0.3 is 0 Å². The Balaban J connectivity index is 2.52. The van der Waals surface area contributed by atoms with E-state index in [0.717, 1.165) is 11.0 Å². The van der Waals surface area contributed by atoms with Gasteiger partial charge in [0.1, 0.15) is 6.33 Å². The average Bonchev–Trinajstić information content (AvgIpc) is 2.69. The van der Waals surface area contributed by atoms with Crippen LogP contribution in [0.25, 0.3) is 11.0 Å². The summed E-state index contributed by atoms with van der Waals surface area (Å²) in [5.74, 6) is -0.0388. The third-order valence-corrected chi connectivity index (χ3v) is 2.36. The Labute approximate surface area is 93.8 Å². The van der Waals surface area contributed by atoms with Crippen LogP contribution in [0.3, 0.4) is 0 Å². The fourth-order valence-electron chi connectivity index (χ4n) is 1.63. The molecule has 1 heterocycles. The topological polar surface area (TPSA) is 38.1 Å². The van der Waals surface area contributed by atoms with Crippen LogP contribution in [0.2, 0.25) is 0 Å². The second-order valence-electron chi connectivity index (χ2n) is 3.47. The Bertz CT molecular complexity index is 530. The van der Waals surface area contributed by atoms with Crippen molar-refractivity contribution in [1.82, 2.24) is 9.66 Å². The highest BCUT2D eigenvalue weighted by molar-refractivity contribution is 5.86. The number of para-hydroxylation sites is 2. The number of hydrogen-bond acceptors (Lipinski definition) is 2. The number of hydrogen-bond donors (Lipinski definition) is 0. The molecule has 0 spiro atoms. The average molecular weight is 215 g/mol. The highest BCUT2D eigenvalue weighted by Gasteiger charge is 2.11. The van der Waals surface area contributed by atoms with Gasteiger partial charge in [-0.25, -0.2) is 14.7 Å². The van der Waals surface area contributed by atoms with Crippen molar-refractivity contribution in [2.24, 2.45) is 0 Å². The zero-order valence-electron chi connectivity index (χ0n) is 9.13. The number of amides is 1. The van der Waals surface area contributed by atoms with Gasteiger partial charge in [-0.2, -0.15) is 0 Å². The molecular weight excluding hydrogens is 202 g/mol. The van der Waals surface area contributed by atoms with Crippen molar-refractivity contribution in [2.75, 3.05) is 11.6 Å². The highest BCUT2D eigenvalue weighted by Crippen LogP contribution is 2.12. The molecule has 0 aliphatic carbocycles. The van der Waals surface area contributed by atoms with Crippen molar-refractivity contribution >= 4 is 16.9 Å². The number of carbonyl (C=O) groups is 1. The third kappa shape index (κ3) is 1.69. The van der Waals surface area contributed by atoms with Crippen molar-refractivity contribution in [1.29, 1.82) is 0 Å². The Morgan fingerprint density at radius 2 is 2.31 bits per heavy atom. The number of nitrogens with zero attached hydrogens (tertiary/aromatic N) is 3. The maximum Gasteiger partial charge on any atom is 0.238 e. The number of aromatic nitrogens is 2. The fraction of sp³-hybridized carbons (Fsp3) is 0.167. The summed E-state index contributed by atoms with van der Waals surface area (Å²) in [5, 5.41) is 1.59. The Morgan fingerprint density at radius 3 is 3.00 bits per heavy atom. The van der Waals surface area contributed by atoms with Crippen LogP contribution in [0.1, 0.15) is 6.92 Å². The predicted octanol–water partition coefficient (Wildman–Crippen LogP) is 1.71. The van der Waals surface area contributed by atoms with Crippen LogP contribution in [0.5, 0.6) is 0 Å². The van der Waals surface area contributed by atoms with E-state index < -0.39 is 0 Å². The van der Waals surface area contributed by atoms with Crippen LogP contribution in [0.15, 0.2) is 43.2 Å². The number of imidazole rings is 1. The van der Waals surface area contributed by atoms with Crippen LogP contribution >= 0.6 is 0 Å². The molecule has 1 aromatic carbocycles. The van der Waals surface area contributed by atoms with Crippen LogP contribution in [-0.4, -0.2) is 22.1 Å². The fourth-order valence-corrected chi connectivity index (χ4v) is 1.63. The molecule has 0 saturated carbocycles. The second kappa shape index (κ2) is 4.18. The number of rotatable bonds is 3. The minimum absolute atomic E-state index is 0.0388. The van der Waals surface area contributed by atoms with Crippen molar-refractivity contribution in [2.45, 2.75) is 6.92 Å². The van der Waals surface area contributed by atoms with Gasteiger partial charge in [-0.05, 0) is 12.1 Å². The van der Waals surface area contributed by atoms with Gasteiger partial charge >= 0.3 is 0 Å². The standard InChI is InChI=1S/C12H13N3O/c1-3-8-14(10(2)16)15-9-13-11-6-4-5-7-12(11)15/h3-7,9H,1,8H2,2H3. The van der Waals surface area contributed by atoms with Crippen molar-refractivity contribution in [3.8, 4) is 0 Å². The summed E-state index contributed by atoms with van der Waals surface area (Å²) in [5.41, 5.74) is 1.79. The summed E-state index contributed by atoms with van der Waals surface area (Å²) in [7, 11) is 0. The van der Waals surface area contributed by atoms with E-state index >= 15 is 0 Å². The third-order valence-electron chi connectivity index (χ3n) is 2.36. The van der Waals surface area contributed by atoms with Gasteiger partial charge in [0.2, 0.25) is 5.91 Å². The van der Waals surface area contributed by atoms with Crippen LogP contribution in [0, 0.1) is 0 Å². The normalized spacial score (nSPS) is 10.3. The monoisotopic (exact) mass is 215 g/mol. The lowest BCUT2D eigenvalue weighted by molar-refractivity contribution is -0.117. The molecule has 0 aliphatic heterocycles. The minimum Gasteiger partial charge on any atom is -0.273 e. The Hall–Kier alpha value is -2.10. The number of carbonyl (C=O) groups excluding carboxylic acids is 1. The second-order valence-corrected chi connectivity index (χ2v) is 3.47. The SMILES string of the molecule is C=CCN(C(C)=O)n1cnc2ccccc21. The number of benzene rings is 1. The molecule has 4 nitrogen and oxygen atoms in total. The summed E-state index contributed by atoms with van der Waals surface area (Å²) >= 11 is 0. The lowest BCUT2D eigenvalue weighted by Crippen LogP contribution is -2.38. The van der Waals surface area contributed by atoms with E-state index in [1.807, 2.05) is 24.3 Å². The summed E-state index contributed by atoms with van der Waals surface area (Å²) in [6.07, 6.45) is 3.34. The first-order chi connectivity index (χ1) is 7.74. The first-order valence-corrected chi connectivity index (χ1v) is 5.05. The smallest absolute Gasteiger partial charge is 0.238 e. The van der Waals surface area contributed by atoms with Crippen molar-refractivity contribution in [3.05, 3.63) is 43.2 Å². The molecule has 4 heteroatoms. The molecule has 0 atom stereocenters. The molecule has 1 amide bonds. The molecule has 82 valence electrons. The number of fused-ring (bicyclic) bond motifs is 1. The lowest BCUT2D eigenvalue weighted by Gasteiger charge is -2.20. The zero-order chi connectivity index (χ0) is 11.5. The van der Waals surface area contributed by atoms with Crippen LogP contribution < -0.4 is 5.01 Å². The molecule has 0 unspecified atom stereocenters. The summed E-state index contributed by atoms with van der Waals surface area (Å²) in [6, 6.07) is 7.69. The Kier molecular flexibility index (Phi) is 2.72. The maximum absolute atomic E-state index is 11.5. The molecule has 0 aliphatic rings. The maximum atomic E-state index is 11.5. The van der Waals surface area contributed by atoms with E-state index in [1.54, 1.807) is 22.1 Å². The van der Waals surface area contributed by atoms with Gasteiger partial charge in [0.15, 0.2) is 0 Å². The molecule has 0 fully saturated rings. The molecule has 1 aromatic heterocycles. The summed E-state index contributed by atoms with van der Waals surface area (Å²) < 4.78 is 1.75. The van der Waals surface area contributed by atoms with E-state index in [2.05, 4.69) is 11.6 Å². The molecule has 16 heavy (non-hydrogen) atoms. The van der Waals surface area contributed by atoms with Crippen LogP contribution in [0.4, 0.5) is 0 Å². The first kappa shape index (κ1) is 10.4. The quantitative estimate of drug-likeness (QED) is 0.731. The summed E-state index contributed by atoms with van der Waals surface area (Å²) in [4.78, 5) is 15.7. The molecule has 0 radical (unpaired) electrons. The van der Waals surface area contributed by atoms with Crippen LogP contribution in [-0.2, 0) is 4.79 Å². The van der Waals surface area contributed by atoms with Gasteiger partial charge in [0.05, 0.1) is 17.6 Å². The van der Waals surface area contributed by atoms with E-state index in [1.165, 1.54) is 6.92 Å². The van der Waals surface area contributed by atoms with E-state index in [-0.39, 0.29) is 5.91 Å². The first-order valence-electron chi connectivity index (χ1n) is 5.05.